The Morgan fingerprint density at radius 3 is 2.71 bits per heavy atom. The maximum atomic E-state index is 4.46. The van der Waals surface area contributed by atoms with Gasteiger partial charge in [-0.05, 0) is 48.8 Å². The van der Waals surface area contributed by atoms with Crippen molar-refractivity contribution in [2.45, 2.75) is 26.2 Å². The average Bonchev–Trinajstić information content (AvgIpc) is 2.45. The summed E-state index contributed by atoms with van der Waals surface area (Å²) < 4.78 is 3.18. The second-order valence-electron chi connectivity index (χ2n) is 3.39. The summed E-state index contributed by atoms with van der Waals surface area (Å²) in [6.45, 7) is 3.18. The highest BCUT2D eigenvalue weighted by molar-refractivity contribution is 9.10. The summed E-state index contributed by atoms with van der Waals surface area (Å²) in [4.78, 5) is 0. The summed E-state index contributed by atoms with van der Waals surface area (Å²) >= 11 is 3.61. The second-order valence-corrected chi connectivity index (χ2v) is 4.18. The van der Waals surface area contributed by atoms with Crippen molar-refractivity contribution in [1.82, 2.24) is 15.1 Å². The van der Waals surface area contributed by atoms with Gasteiger partial charge in [-0.15, -0.1) is 0 Å². The maximum Gasteiger partial charge on any atom is 0.0766 e. The molecule has 0 saturated carbocycles. The van der Waals surface area contributed by atoms with Gasteiger partial charge in [-0.3, -0.25) is 4.68 Å². The van der Waals surface area contributed by atoms with E-state index in [2.05, 4.69) is 33.3 Å². The first-order valence-electron chi connectivity index (χ1n) is 5.05. The van der Waals surface area contributed by atoms with Gasteiger partial charge in [0.2, 0.25) is 0 Å². The molecule has 0 saturated heterocycles. The van der Waals surface area contributed by atoms with Gasteiger partial charge in [0.05, 0.1) is 15.9 Å². The molecule has 0 spiro atoms. The topological polar surface area (TPSA) is 29.9 Å². The van der Waals surface area contributed by atoms with Crippen molar-refractivity contribution in [2.75, 3.05) is 13.6 Å². The van der Waals surface area contributed by atoms with Crippen LogP contribution in [0.5, 0.6) is 0 Å². The third-order valence-electron chi connectivity index (χ3n) is 2.34. The van der Waals surface area contributed by atoms with E-state index in [4.69, 9.17) is 0 Å². The third kappa shape index (κ3) is 2.58. The predicted octanol–water partition coefficient (Wildman–Crippen LogP) is 1.90. The highest BCUT2D eigenvalue weighted by Crippen LogP contribution is 2.22. The van der Waals surface area contributed by atoms with Crippen molar-refractivity contribution in [3.05, 3.63) is 15.9 Å². The summed E-state index contributed by atoms with van der Waals surface area (Å²) in [7, 11) is 3.99. The van der Waals surface area contributed by atoms with Crippen LogP contribution in [0.25, 0.3) is 0 Å². The summed E-state index contributed by atoms with van der Waals surface area (Å²) in [5.74, 6) is 0. The summed E-state index contributed by atoms with van der Waals surface area (Å²) in [6, 6.07) is 0. The molecule has 3 nitrogen and oxygen atoms in total. The predicted molar refractivity (Wildman–Crippen MR) is 62.5 cm³/mol. The van der Waals surface area contributed by atoms with Crippen molar-refractivity contribution in [3.8, 4) is 0 Å². The van der Waals surface area contributed by atoms with Crippen molar-refractivity contribution >= 4 is 15.9 Å². The smallest absolute Gasteiger partial charge is 0.0766 e. The quantitative estimate of drug-likeness (QED) is 0.819. The van der Waals surface area contributed by atoms with Crippen molar-refractivity contribution in [3.63, 3.8) is 0 Å². The Hall–Kier alpha value is -0.350. The maximum absolute atomic E-state index is 4.46. The molecular weight excluding hydrogens is 242 g/mol. The number of nitrogens with zero attached hydrogens (tertiary/aromatic N) is 2. The van der Waals surface area contributed by atoms with Crippen LogP contribution in [0.4, 0.5) is 0 Å². The first-order chi connectivity index (χ1) is 6.70. The fourth-order valence-electron chi connectivity index (χ4n) is 1.52. The van der Waals surface area contributed by atoms with Crippen molar-refractivity contribution in [2.24, 2.45) is 7.05 Å². The Morgan fingerprint density at radius 1 is 1.50 bits per heavy atom. The van der Waals surface area contributed by atoms with Crippen LogP contribution in [0.2, 0.25) is 0 Å². The second kappa shape index (κ2) is 5.51. The van der Waals surface area contributed by atoms with E-state index in [1.165, 1.54) is 10.2 Å². The van der Waals surface area contributed by atoms with E-state index in [0.29, 0.717) is 0 Å². The molecule has 0 amide bonds. The molecule has 1 aromatic rings. The molecule has 0 bridgehead atoms. The van der Waals surface area contributed by atoms with Crippen LogP contribution in [-0.2, 0) is 19.9 Å². The monoisotopic (exact) mass is 259 g/mol. The van der Waals surface area contributed by atoms with E-state index < -0.39 is 0 Å². The minimum atomic E-state index is 0.987. The molecule has 1 heterocycles. The number of hydrogen-bond acceptors (Lipinski definition) is 2. The van der Waals surface area contributed by atoms with E-state index in [9.17, 15) is 0 Å². The molecular formula is C10H18BrN3. The highest BCUT2D eigenvalue weighted by atomic mass is 79.9. The Balaban J connectivity index is 2.70. The zero-order valence-corrected chi connectivity index (χ0v) is 10.7. The molecule has 0 aliphatic rings. The molecule has 1 rings (SSSR count). The minimum absolute atomic E-state index is 0.987. The minimum Gasteiger partial charge on any atom is -0.320 e. The molecule has 0 atom stereocenters. The molecule has 0 radical (unpaired) electrons. The number of rotatable bonds is 5. The van der Waals surface area contributed by atoms with Crippen molar-refractivity contribution in [1.29, 1.82) is 0 Å². The van der Waals surface area contributed by atoms with Crippen LogP contribution in [0.1, 0.15) is 24.7 Å². The van der Waals surface area contributed by atoms with E-state index in [1.54, 1.807) is 0 Å². The number of nitrogens with one attached hydrogen (secondary N) is 1. The van der Waals surface area contributed by atoms with Crippen LogP contribution in [-0.4, -0.2) is 23.4 Å². The molecule has 80 valence electrons. The Kier molecular flexibility index (Phi) is 4.62. The molecule has 0 aliphatic heterocycles. The number of aryl methyl sites for hydroxylation is 2. The van der Waals surface area contributed by atoms with Gasteiger partial charge >= 0.3 is 0 Å². The van der Waals surface area contributed by atoms with Crippen LogP contribution in [0, 0.1) is 0 Å². The fourth-order valence-corrected chi connectivity index (χ4v) is 2.34. The van der Waals surface area contributed by atoms with Gasteiger partial charge in [0.25, 0.3) is 0 Å². The normalized spacial score (nSPS) is 10.9. The van der Waals surface area contributed by atoms with Gasteiger partial charge in [0, 0.05) is 7.05 Å². The lowest BCUT2D eigenvalue weighted by Gasteiger charge is -2.02. The fraction of sp³-hybridized carbons (Fsp3) is 0.700. The largest absolute Gasteiger partial charge is 0.320 e. The van der Waals surface area contributed by atoms with Crippen LogP contribution in [0.15, 0.2) is 4.47 Å². The number of aromatic nitrogens is 2. The molecule has 4 heteroatoms. The van der Waals surface area contributed by atoms with Crippen LogP contribution < -0.4 is 5.32 Å². The van der Waals surface area contributed by atoms with Gasteiger partial charge in [0.15, 0.2) is 0 Å². The van der Waals surface area contributed by atoms with Gasteiger partial charge in [0.1, 0.15) is 0 Å². The molecule has 14 heavy (non-hydrogen) atoms. The average molecular weight is 260 g/mol. The Bertz CT molecular complexity index is 294. The first kappa shape index (κ1) is 11.7. The van der Waals surface area contributed by atoms with Crippen LogP contribution in [0.3, 0.4) is 0 Å². The number of hydrogen-bond donors (Lipinski definition) is 1. The highest BCUT2D eigenvalue weighted by Gasteiger charge is 2.11. The Morgan fingerprint density at radius 2 is 2.21 bits per heavy atom. The van der Waals surface area contributed by atoms with Gasteiger partial charge in [-0.2, -0.15) is 5.10 Å². The van der Waals surface area contributed by atoms with Crippen LogP contribution >= 0.6 is 15.9 Å². The lowest BCUT2D eigenvalue weighted by Crippen LogP contribution is -2.09. The zero-order valence-electron chi connectivity index (χ0n) is 9.10. The van der Waals surface area contributed by atoms with E-state index in [1.807, 2.05) is 18.8 Å². The van der Waals surface area contributed by atoms with E-state index in [-0.39, 0.29) is 0 Å². The lowest BCUT2D eigenvalue weighted by atomic mass is 10.2. The molecule has 0 fully saturated rings. The third-order valence-corrected chi connectivity index (χ3v) is 3.26. The first-order valence-corrected chi connectivity index (χ1v) is 5.84. The molecule has 1 N–H and O–H groups in total. The lowest BCUT2D eigenvalue weighted by molar-refractivity contribution is 0.654. The van der Waals surface area contributed by atoms with Gasteiger partial charge < -0.3 is 5.32 Å². The number of halogens is 1. The molecule has 0 aromatic carbocycles. The SMILES string of the molecule is CCc1nn(C)c(CCCNC)c1Br. The van der Waals surface area contributed by atoms with Gasteiger partial charge in [-0.25, -0.2) is 0 Å². The molecule has 0 aliphatic carbocycles. The van der Waals surface area contributed by atoms with Gasteiger partial charge in [-0.1, -0.05) is 6.92 Å². The van der Waals surface area contributed by atoms with E-state index >= 15 is 0 Å². The molecule has 1 aromatic heterocycles. The Labute approximate surface area is 94.0 Å². The summed E-state index contributed by atoms with van der Waals surface area (Å²) in [5.41, 5.74) is 2.46. The standard InChI is InChI=1S/C10H18BrN3/c1-4-8-10(11)9(14(3)13-8)6-5-7-12-2/h12H,4-7H2,1-3H3. The zero-order chi connectivity index (χ0) is 10.6. The van der Waals surface area contributed by atoms with E-state index in [0.717, 1.165) is 31.5 Å². The summed E-state index contributed by atoms with van der Waals surface area (Å²) in [6.07, 6.45) is 3.21. The summed E-state index contributed by atoms with van der Waals surface area (Å²) in [5, 5.41) is 7.61. The molecule has 0 unspecified atom stereocenters. The van der Waals surface area contributed by atoms with Crippen molar-refractivity contribution < 1.29 is 0 Å².